The van der Waals surface area contributed by atoms with E-state index in [1.807, 2.05) is 0 Å². The molecular weight excluding hydrogens is 492 g/mol. The van der Waals surface area contributed by atoms with Crippen LogP contribution in [0.2, 0.25) is 0 Å². The Morgan fingerprint density at radius 1 is 0.829 bits per heavy atom. The summed E-state index contributed by atoms with van der Waals surface area (Å²) in [6.07, 6.45) is -14.0. The molecule has 0 saturated carbocycles. The van der Waals surface area contributed by atoms with Crippen molar-refractivity contribution in [2.75, 3.05) is 26.3 Å². The topological polar surface area (TPSA) is 173 Å². The fourth-order valence-corrected chi connectivity index (χ4v) is 4.45. The van der Waals surface area contributed by atoms with E-state index in [-0.39, 0.29) is 25.9 Å². The first-order valence-electron chi connectivity index (χ1n) is 10.9. The molecule has 4 heterocycles. The van der Waals surface area contributed by atoms with Gasteiger partial charge in [0.2, 0.25) is 12.5 Å². The van der Waals surface area contributed by atoms with Crippen molar-refractivity contribution in [1.82, 2.24) is 20.4 Å². The van der Waals surface area contributed by atoms with Gasteiger partial charge in [-0.25, -0.2) is 9.59 Å². The predicted octanol–water partition coefficient (Wildman–Crippen LogP) is -2.09. The van der Waals surface area contributed by atoms with Crippen molar-refractivity contribution in [2.24, 2.45) is 0 Å². The first-order chi connectivity index (χ1) is 16.4. The van der Waals surface area contributed by atoms with Crippen molar-refractivity contribution in [3.63, 3.8) is 0 Å². The van der Waals surface area contributed by atoms with E-state index in [9.17, 15) is 37.4 Å². The lowest BCUT2D eigenvalue weighted by atomic mass is 10.1. The molecule has 17 heteroatoms. The van der Waals surface area contributed by atoms with Crippen LogP contribution in [-0.4, -0.2) is 130 Å². The predicted molar refractivity (Wildman–Crippen MR) is 102 cm³/mol. The molecule has 0 aromatic carbocycles. The highest BCUT2D eigenvalue weighted by molar-refractivity contribution is 5.76. The molecular formula is C18H26F4N4O9. The zero-order chi connectivity index (χ0) is 25.7. The summed E-state index contributed by atoms with van der Waals surface area (Å²) in [5.41, 5.74) is 0. The van der Waals surface area contributed by atoms with E-state index < -0.39 is 86.4 Å². The Balaban J connectivity index is 1.31. The lowest BCUT2D eigenvalue weighted by molar-refractivity contribution is -0.169. The van der Waals surface area contributed by atoms with Crippen LogP contribution < -0.4 is 10.6 Å². The van der Waals surface area contributed by atoms with Crippen molar-refractivity contribution < 1.29 is 61.8 Å². The van der Waals surface area contributed by atoms with Crippen LogP contribution in [0.25, 0.3) is 0 Å². The smallest absolute Gasteiger partial charge is 0.321 e. The number of carbonyl (C=O) groups excluding carboxylic acids is 2. The molecule has 0 radical (unpaired) electrons. The molecule has 8 atom stereocenters. The SMILES string of the molecule is O=C1NC(OC2CCN([C@@H]3O[C@H](CO)[C@@H](O)C3(F)F)C(=O)N2)CCN1[C@@H]1O[C@H](CO)[C@@H](O)C1(F)F. The number of halogens is 4. The van der Waals surface area contributed by atoms with E-state index in [1.54, 1.807) is 0 Å². The van der Waals surface area contributed by atoms with Crippen molar-refractivity contribution in [3.05, 3.63) is 0 Å². The third kappa shape index (κ3) is 4.49. The van der Waals surface area contributed by atoms with Crippen molar-refractivity contribution in [2.45, 2.75) is 74.0 Å². The van der Waals surface area contributed by atoms with E-state index >= 15 is 0 Å². The molecule has 13 nitrogen and oxygen atoms in total. The number of nitrogens with zero attached hydrogens (tertiary/aromatic N) is 2. The number of rotatable bonds is 6. The second kappa shape index (κ2) is 9.45. The number of alkyl halides is 4. The highest BCUT2D eigenvalue weighted by Crippen LogP contribution is 2.40. The maximum Gasteiger partial charge on any atom is 0.321 e. The standard InChI is InChI=1S/C18H26F4N4O9/c19-17(20)11(29)7(5-27)33-13(17)25-3-1-9(23-15(25)31)35-10-2-4-26(16(32)24-10)14-18(21,22)12(30)8(6-28)34-14/h7-14,27-30H,1-6H2,(H,23,31)(H,24,32)/t7-,8-,9?,10?,11-,12-,13-,14-/m1/s1. The van der Waals surface area contributed by atoms with Crippen LogP contribution in [0.3, 0.4) is 0 Å². The summed E-state index contributed by atoms with van der Waals surface area (Å²) in [4.78, 5) is 26.1. The zero-order valence-corrected chi connectivity index (χ0v) is 18.1. The molecule has 4 aliphatic rings. The number of ether oxygens (including phenoxy) is 3. The molecule has 35 heavy (non-hydrogen) atoms. The third-order valence-corrected chi connectivity index (χ3v) is 6.37. The molecule has 4 saturated heterocycles. The monoisotopic (exact) mass is 518 g/mol. The number of aliphatic hydroxyl groups excluding tert-OH is 4. The minimum Gasteiger partial charge on any atom is -0.394 e. The number of carbonyl (C=O) groups is 2. The van der Waals surface area contributed by atoms with Gasteiger partial charge in [-0.3, -0.25) is 9.80 Å². The summed E-state index contributed by atoms with van der Waals surface area (Å²) in [7, 11) is 0. The first-order valence-corrected chi connectivity index (χ1v) is 10.9. The fraction of sp³-hybridized carbons (Fsp3) is 0.889. The number of nitrogens with one attached hydrogen (secondary N) is 2. The number of hydrogen-bond acceptors (Lipinski definition) is 9. The molecule has 0 aromatic heterocycles. The van der Waals surface area contributed by atoms with Crippen LogP contribution in [0.4, 0.5) is 27.2 Å². The molecule has 2 unspecified atom stereocenters. The van der Waals surface area contributed by atoms with Crippen LogP contribution in [0.1, 0.15) is 12.8 Å². The van der Waals surface area contributed by atoms with Crippen LogP contribution >= 0.6 is 0 Å². The summed E-state index contributed by atoms with van der Waals surface area (Å²) < 4.78 is 72.7. The molecule has 6 N–H and O–H groups in total. The molecule has 4 fully saturated rings. The van der Waals surface area contributed by atoms with Gasteiger partial charge >= 0.3 is 23.9 Å². The van der Waals surface area contributed by atoms with Gasteiger partial charge in [0.1, 0.15) is 24.7 Å². The summed E-state index contributed by atoms with van der Waals surface area (Å²) in [5, 5.41) is 42.1. The average molecular weight is 518 g/mol. The Labute approximate surface area is 195 Å². The minimum absolute atomic E-state index is 0.0220. The minimum atomic E-state index is -3.83. The van der Waals surface area contributed by atoms with Crippen molar-refractivity contribution in [1.29, 1.82) is 0 Å². The molecule has 0 bridgehead atoms. The number of urea groups is 2. The van der Waals surface area contributed by atoms with Gasteiger partial charge in [0.05, 0.1) is 13.2 Å². The van der Waals surface area contributed by atoms with Crippen LogP contribution in [0, 0.1) is 0 Å². The summed E-state index contributed by atoms with van der Waals surface area (Å²) in [5.74, 6) is -7.65. The van der Waals surface area contributed by atoms with Gasteiger partial charge in [0, 0.05) is 25.9 Å². The number of hydrogen-bond donors (Lipinski definition) is 6. The van der Waals surface area contributed by atoms with Gasteiger partial charge in [-0.05, 0) is 0 Å². The van der Waals surface area contributed by atoms with E-state index in [0.717, 1.165) is 0 Å². The molecule has 200 valence electrons. The zero-order valence-electron chi connectivity index (χ0n) is 18.1. The summed E-state index contributed by atoms with van der Waals surface area (Å²) in [6, 6.07) is -1.99. The van der Waals surface area contributed by atoms with E-state index in [1.165, 1.54) is 0 Å². The lowest BCUT2D eigenvalue weighted by Gasteiger charge is -2.41. The van der Waals surface area contributed by atoms with Crippen molar-refractivity contribution in [3.8, 4) is 0 Å². The van der Waals surface area contributed by atoms with Crippen LogP contribution in [0.5, 0.6) is 0 Å². The maximum absolute atomic E-state index is 14.3. The lowest BCUT2D eigenvalue weighted by Crippen LogP contribution is -2.63. The van der Waals surface area contributed by atoms with Crippen LogP contribution in [0.15, 0.2) is 0 Å². The van der Waals surface area contributed by atoms with Crippen molar-refractivity contribution >= 4 is 12.1 Å². The Morgan fingerprint density at radius 3 is 1.49 bits per heavy atom. The second-order valence-corrected chi connectivity index (χ2v) is 8.63. The van der Waals surface area contributed by atoms with Gasteiger partial charge in [0.25, 0.3) is 0 Å². The Kier molecular flexibility index (Phi) is 7.04. The van der Waals surface area contributed by atoms with Gasteiger partial charge in [-0.2, -0.15) is 17.6 Å². The molecule has 4 aliphatic heterocycles. The van der Waals surface area contributed by atoms with E-state index in [2.05, 4.69) is 10.6 Å². The van der Waals surface area contributed by atoms with Gasteiger partial charge in [0.15, 0.2) is 12.2 Å². The molecule has 0 aliphatic carbocycles. The Hall–Kier alpha value is -2.02. The third-order valence-electron chi connectivity index (χ3n) is 6.37. The summed E-state index contributed by atoms with van der Waals surface area (Å²) >= 11 is 0. The number of aliphatic hydroxyl groups is 4. The largest absolute Gasteiger partial charge is 0.394 e. The number of amides is 4. The maximum atomic E-state index is 14.3. The fourth-order valence-electron chi connectivity index (χ4n) is 4.45. The van der Waals surface area contributed by atoms with Gasteiger partial charge in [-0.15, -0.1) is 0 Å². The molecule has 0 aromatic rings. The molecule has 0 spiro atoms. The van der Waals surface area contributed by atoms with Gasteiger partial charge < -0.3 is 45.3 Å². The Morgan fingerprint density at radius 2 is 1.20 bits per heavy atom. The van der Waals surface area contributed by atoms with E-state index in [4.69, 9.17) is 24.4 Å². The van der Waals surface area contributed by atoms with Crippen LogP contribution in [-0.2, 0) is 14.2 Å². The van der Waals surface area contributed by atoms with E-state index in [0.29, 0.717) is 9.80 Å². The normalized spacial score (nSPS) is 41.1. The second-order valence-electron chi connectivity index (χ2n) is 8.63. The first kappa shape index (κ1) is 26.1. The average Bonchev–Trinajstić information content (AvgIpc) is 3.17. The molecule has 4 amide bonds. The summed E-state index contributed by atoms with van der Waals surface area (Å²) in [6.45, 7) is -2.28. The molecule has 4 rings (SSSR count). The highest BCUT2D eigenvalue weighted by atomic mass is 19.3. The van der Waals surface area contributed by atoms with Gasteiger partial charge in [-0.1, -0.05) is 0 Å². The Bertz CT molecular complexity index is 763. The quantitative estimate of drug-likeness (QED) is 0.216. The highest BCUT2D eigenvalue weighted by Gasteiger charge is 2.63.